The molecule has 2 fully saturated rings. The van der Waals surface area contributed by atoms with Gasteiger partial charge in [0.1, 0.15) is 5.37 Å². The Balaban J connectivity index is 2.17. The Hall–Kier alpha value is 0.710. The molecule has 2 aliphatic rings. The molecule has 2 heterocycles. The largest absolute Gasteiger partial charge is 0.313 e. The highest BCUT2D eigenvalue weighted by Gasteiger charge is 2.33. The Bertz CT molecular complexity index is 342. The van der Waals surface area contributed by atoms with Gasteiger partial charge in [-0.15, -0.1) is 42.1 Å². The van der Waals surface area contributed by atoms with Crippen LogP contribution in [0, 0.1) is 0 Å². The van der Waals surface area contributed by atoms with Crippen molar-refractivity contribution >= 4 is 70.1 Å². The Morgan fingerprint density at radius 3 is 2.53 bits per heavy atom. The summed E-state index contributed by atoms with van der Waals surface area (Å²) < 4.78 is 0.947. The lowest BCUT2D eigenvalue weighted by Gasteiger charge is -2.45. The third kappa shape index (κ3) is 4.10. The van der Waals surface area contributed by atoms with Crippen molar-refractivity contribution in [3.8, 4) is 0 Å². The minimum Gasteiger partial charge on any atom is -0.313 e. The first kappa shape index (κ1) is 16.1. The summed E-state index contributed by atoms with van der Waals surface area (Å²) in [6.45, 7) is 3.66. The number of thiocarbonyl (C=S) groups is 2. The fraction of sp³-hybridized carbons (Fsp3) is 0.778. The van der Waals surface area contributed by atoms with E-state index < -0.39 is 0 Å². The van der Waals surface area contributed by atoms with Crippen molar-refractivity contribution in [3.05, 3.63) is 0 Å². The zero-order valence-corrected chi connectivity index (χ0v) is 14.5. The third-order valence-electron chi connectivity index (χ3n) is 2.82. The molecule has 0 radical (unpaired) electrons. The van der Waals surface area contributed by atoms with Crippen molar-refractivity contribution in [2.24, 2.45) is 0 Å². The molecule has 0 aromatic heterocycles. The van der Waals surface area contributed by atoms with Crippen LogP contribution in [0.1, 0.15) is 6.42 Å². The maximum Gasteiger partial charge on any atom is 0.171 e. The summed E-state index contributed by atoms with van der Waals surface area (Å²) in [7, 11) is 0. The number of thioether (sulfide) groups is 1. The van der Waals surface area contributed by atoms with Gasteiger partial charge in [-0.3, -0.25) is 0 Å². The van der Waals surface area contributed by atoms with Gasteiger partial charge in [-0.05, 0) is 18.6 Å². The predicted molar refractivity (Wildman–Crippen MR) is 95.3 cm³/mol. The number of thiol groups is 2. The van der Waals surface area contributed by atoms with Crippen LogP contribution in [0.25, 0.3) is 0 Å². The van der Waals surface area contributed by atoms with Gasteiger partial charge in [-0.25, -0.2) is 10.4 Å². The van der Waals surface area contributed by atoms with Crippen molar-refractivity contribution in [2.45, 2.75) is 11.8 Å². The average Bonchev–Trinajstić information content (AvgIpc) is 2.89. The van der Waals surface area contributed by atoms with E-state index in [1.54, 1.807) is 0 Å². The van der Waals surface area contributed by atoms with E-state index in [2.05, 4.69) is 36.0 Å². The number of hydrazine groups is 3. The molecule has 19 heavy (non-hydrogen) atoms. The first-order valence-electron chi connectivity index (χ1n) is 5.99. The monoisotopic (exact) mass is 355 g/mol. The molecule has 0 saturated carbocycles. The van der Waals surface area contributed by atoms with Gasteiger partial charge in [0.25, 0.3) is 0 Å². The second kappa shape index (κ2) is 7.64. The molecular weight excluding hydrogens is 338 g/mol. The number of hydrogen-bond donors (Lipinski definition) is 4. The van der Waals surface area contributed by atoms with Crippen LogP contribution in [0.15, 0.2) is 0 Å². The Morgan fingerprint density at radius 2 is 2.05 bits per heavy atom. The topological polar surface area (TPSA) is 33.8 Å². The number of rotatable bonds is 2. The molecule has 0 spiro atoms. The van der Waals surface area contributed by atoms with Gasteiger partial charge in [0, 0.05) is 31.9 Å². The van der Waals surface area contributed by atoms with Crippen LogP contribution >= 0.6 is 61.5 Å². The molecule has 0 aromatic rings. The fourth-order valence-corrected chi connectivity index (χ4v) is 4.09. The van der Waals surface area contributed by atoms with Gasteiger partial charge in [0.05, 0.1) is 0 Å². The summed E-state index contributed by atoms with van der Waals surface area (Å²) >= 11 is 21.1. The molecule has 2 aliphatic heterocycles. The molecule has 2 saturated heterocycles. The van der Waals surface area contributed by atoms with Gasteiger partial charge in [-0.1, -0.05) is 12.2 Å². The van der Waals surface area contributed by atoms with E-state index in [0.29, 0.717) is 8.64 Å². The fourth-order valence-electron chi connectivity index (χ4n) is 2.02. The molecule has 10 heteroatoms. The van der Waals surface area contributed by atoms with E-state index in [0.717, 1.165) is 38.4 Å². The zero-order valence-electron chi connectivity index (χ0n) is 10.3. The Labute approximate surface area is 139 Å². The average molecular weight is 356 g/mol. The molecule has 0 bridgehead atoms. The highest BCUT2D eigenvalue weighted by molar-refractivity contribution is 8.11. The standard InChI is InChI=1S/C9H17N5S5/c15-8(16)13(7-6-10-3-5-19-7)14(9(17)18)12-4-1-2-11-12/h7,10-11H,1-6H2,(H,15,16)(H,17,18). The molecular formula is C9H17N5S5. The second-order valence-corrected chi connectivity index (χ2v) is 7.63. The lowest BCUT2D eigenvalue weighted by molar-refractivity contribution is -0.0952. The van der Waals surface area contributed by atoms with Crippen LogP contribution in [0.4, 0.5) is 0 Å². The third-order valence-corrected chi connectivity index (χ3v) is 4.75. The predicted octanol–water partition coefficient (Wildman–Crippen LogP) is 0.723. The summed E-state index contributed by atoms with van der Waals surface area (Å²) in [6.07, 6.45) is 1.07. The van der Waals surface area contributed by atoms with E-state index in [4.69, 9.17) is 24.4 Å². The molecule has 108 valence electrons. The SMILES string of the molecule is S=C(S)N(C1CNCCS1)N(C(=S)S)N1CCCN1. The number of nitrogens with zero attached hydrogens (tertiary/aromatic N) is 3. The molecule has 0 aliphatic carbocycles. The number of nitrogens with one attached hydrogen (secondary N) is 2. The zero-order chi connectivity index (χ0) is 13.8. The summed E-state index contributed by atoms with van der Waals surface area (Å²) in [5.41, 5.74) is 3.27. The van der Waals surface area contributed by atoms with Crippen molar-refractivity contribution in [2.75, 3.05) is 31.9 Å². The second-order valence-electron chi connectivity index (χ2n) is 4.11. The van der Waals surface area contributed by atoms with E-state index >= 15 is 0 Å². The van der Waals surface area contributed by atoms with E-state index in [1.165, 1.54) is 0 Å². The van der Waals surface area contributed by atoms with E-state index in [-0.39, 0.29) is 5.37 Å². The quantitative estimate of drug-likeness (QED) is 0.328. The highest BCUT2D eigenvalue weighted by atomic mass is 32.2. The van der Waals surface area contributed by atoms with Gasteiger partial charge in [0.2, 0.25) is 0 Å². The van der Waals surface area contributed by atoms with Gasteiger partial charge < -0.3 is 5.32 Å². The lowest BCUT2D eigenvalue weighted by Crippen LogP contribution is -2.62. The van der Waals surface area contributed by atoms with Crippen molar-refractivity contribution < 1.29 is 0 Å². The van der Waals surface area contributed by atoms with Crippen molar-refractivity contribution in [3.63, 3.8) is 0 Å². The van der Waals surface area contributed by atoms with Crippen LogP contribution in [-0.4, -0.2) is 61.2 Å². The summed E-state index contributed by atoms with van der Waals surface area (Å²) in [5.74, 6) is 1.04. The first-order valence-corrected chi connectivity index (χ1v) is 8.75. The van der Waals surface area contributed by atoms with Gasteiger partial charge in [-0.2, -0.15) is 5.12 Å². The van der Waals surface area contributed by atoms with Crippen LogP contribution in [-0.2, 0) is 0 Å². The van der Waals surface area contributed by atoms with Gasteiger partial charge >= 0.3 is 0 Å². The molecule has 5 nitrogen and oxygen atoms in total. The first-order chi connectivity index (χ1) is 9.11. The molecule has 0 aromatic carbocycles. The van der Waals surface area contributed by atoms with Gasteiger partial charge in [0.15, 0.2) is 8.64 Å². The molecule has 2 N–H and O–H groups in total. The van der Waals surface area contributed by atoms with Crippen molar-refractivity contribution in [1.82, 2.24) is 26.0 Å². The summed E-state index contributed by atoms with van der Waals surface area (Å²) in [6, 6.07) is 0. The smallest absolute Gasteiger partial charge is 0.171 e. The summed E-state index contributed by atoms with van der Waals surface area (Å²) in [4.78, 5) is 0. The maximum absolute atomic E-state index is 5.29. The number of hydrogen-bond acceptors (Lipinski definition) is 6. The highest BCUT2D eigenvalue weighted by Crippen LogP contribution is 2.24. The van der Waals surface area contributed by atoms with Crippen molar-refractivity contribution in [1.29, 1.82) is 0 Å². The Morgan fingerprint density at radius 1 is 1.26 bits per heavy atom. The van der Waals surface area contributed by atoms with Crippen LogP contribution in [0.5, 0.6) is 0 Å². The normalized spacial score (nSPS) is 24.2. The van der Waals surface area contributed by atoms with Crippen LogP contribution < -0.4 is 10.7 Å². The van der Waals surface area contributed by atoms with Crippen LogP contribution in [0.3, 0.4) is 0 Å². The molecule has 0 amide bonds. The molecule has 2 rings (SSSR count). The Kier molecular flexibility index (Phi) is 6.47. The minimum atomic E-state index is 0.172. The summed E-state index contributed by atoms with van der Waals surface area (Å²) in [5, 5.41) is 9.22. The lowest BCUT2D eigenvalue weighted by atomic mass is 10.5. The molecule has 1 unspecified atom stereocenters. The maximum atomic E-state index is 5.29. The van der Waals surface area contributed by atoms with E-state index in [1.807, 2.05) is 27.0 Å². The van der Waals surface area contributed by atoms with E-state index in [9.17, 15) is 0 Å². The minimum absolute atomic E-state index is 0.172. The molecule has 1 atom stereocenters. The van der Waals surface area contributed by atoms with Crippen LogP contribution in [0.2, 0.25) is 0 Å².